The van der Waals surface area contributed by atoms with Crippen LogP contribution in [0.15, 0.2) is 24.3 Å². The molecule has 1 aromatic carbocycles. The smallest absolute Gasteiger partial charge is 0.323 e. The summed E-state index contributed by atoms with van der Waals surface area (Å²) in [6, 6.07) is 5.36. The summed E-state index contributed by atoms with van der Waals surface area (Å²) < 4.78 is 13.7. The third-order valence-electron chi connectivity index (χ3n) is 3.07. The fourth-order valence-corrected chi connectivity index (χ4v) is 2.06. The van der Waals surface area contributed by atoms with Gasteiger partial charge in [-0.15, -0.1) is 0 Å². The molecule has 18 heavy (non-hydrogen) atoms. The molecule has 1 fully saturated rings. The number of hydrogen-bond donors (Lipinski definition) is 0. The molecule has 0 saturated carbocycles. The first-order valence-corrected chi connectivity index (χ1v) is 5.93. The number of carbonyl (C=O) groups is 2. The molecule has 1 heterocycles. The highest BCUT2D eigenvalue weighted by Crippen LogP contribution is 2.25. The Bertz CT molecular complexity index is 490. The summed E-state index contributed by atoms with van der Waals surface area (Å²) in [5, 5.41) is 0. The molecule has 0 aromatic heterocycles. The monoisotopic (exact) mass is 250 g/mol. The Kier molecular flexibility index (Phi) is 3.32. The van der Waals surface area contributed by atoms with Crippen LogP contribution in [0.4, 0.5) is 14.9 Å². The van der Waals surface area contributed by atoms with E-state index in [-0.39, 0.29) is 17.5 Å². The number of amides is 3. The number of benzene rings is 1. The van der Waals surface area contributed by atoms with E-state index in [0.717, 1.165) is 4.90 Å². The fourth-order valence-electron chi connectivity index (χ4n) is 2.06. The van der Waals surface area contributed by atoms with Crippen molar-refractivity contribution in [3.05, 3.63) is 30.1 Å². The van der Waals surface area contributed by atoms with Gasteiger partial charge in [-0.3, -0.25) is 4.79 Å². The van der Waals surface area contributed by atoms with Crippen molar-refractivity contribution in [2.45, 2.75) is 13.8 Å². The van der Waals surface area contributed by atoms with Crippen LogP contribution in [0.25, 0.3) is 0 Å². The molecule has 1 aromatic rings. The number of carbonyl (C=O) groups excluding carboxylic acids is 2. The van der Waals surface area contributed by atoms with Crippen LogP contribution in [0, 0.1) is 11.7 Å². The molecule has 3 amide bonds. The lowest BCUT2D eigenvalue weighted by Gasteiger charge is -2.36. The summed E-state index contributed by atoms with van der Waals surface area (Å²) in [6.45, 7) is 4.46. The molecule has 4 nitrogen and oxygen atoms in total. The number of imide groups is 1. The molecular formula is C13H15FN2O2. The molecule has 1 saturated heterocycles. The Morgan fingerprint density at radius 3 is 2.61 bits per heavy atom. The summed E-state index contributed by atoms with van der Waals surface area (Å²) in [7, 11) is 0. The summed E-state index contributed by atoms with van der Waals surface area (Å²) in [5.74, 6) is -1.23. The van der Waals surface area contributed by atoms with Crippen molar-refractivity contribution in [3.63, 3.8) is 0 Å². The summed E-state index contributed by atoms with van der Waals surface area (Å²) in [6.07, 6.45) is 0. The highest BCUT2D eigenvalue weighted by atomic mass is 19.1. The van der Waals surface area contributed by atoms with E-state index in [1.54, 1.807) is 17.9 Å². The molecular weight excluding hydrogens is 235 g/mol. The third kappa shape index (κ3) is 1.96. The van der Waals surface area contributed by atoms with E-state index in [0.29, 0.717) is 13.1 Å². The first-order valence-electron chi connectivity index (χ1n) is 5.93. The standard InChI is InChI=1S/C13H15FN2O2/c1-3-15-8-9(2)12(17)16(13(15)18)11-7-5-4-6-10(11)14/h4-7,9H,3,8H2,1-2H3. The molecule has 0 spiro atoms. The topological polar surface area (TPSA) is 40.6 Å². The van der Waals surface area contributed by atoms with Crippen LogP contribution < -0.4 is 4.90 Å². The maximum absolute atomic E-state index is 13.7. The number of nitrogens with zero attached hydrogens (tertiary/aromatic N) is 2. The van der Waals surface area contributed by atoms with E-state index in [2.05, 4.69) is 0 Å². The van der Waals surface area contributed by atoms with E-state index in [1.165, 1.54) is 18.2 Å². The van der Waals surface area contributed by atoms with Gasteiger partial charge in [0.05, 0.1) is 11.6 Å². The van der Waals surface area contributed by atoms with Crippen LogP contribution >= 0.6 is 0 Å². The highest BCUT2D eigenvalue weighted by Gasteiger charge is 2.38. The molecule has 0 radical (unpaired) electrons. The number of halogens is 1. The predicted molar refractivity (Wildman–Crippen MR) is 65.7 cm³/mol. The predicted octanol–water partition coefficient (Wildman–Crippen LogP) is 2.25. The quantitative estimate of drug-likeness (QED) is 0.807. The van der Waals surface area contributed by atoms with Crippen molar-refractivity contribution in [3.8, 4) is 0 Å². The minimum Gasteiger partial charge on any atom is -0.323 e. The lowest BCUT2D eigenvalue weighted by atomic mass is 10.1. The normalized spacial score (nSPS) is 20.5. The van der Waals surface area contributed by atoms with E-state index in [1.807, 2.05) is 6.92 Å². The van der Waals surface area contributed by atoms with Crippen LogP contribution in [-0.4, -0.2) is 29.9 Å². The van der Waals surface area contributed by atoms with Crippen molar-refractivity contribution in [1.82, 2.24) is 4.90 Å². The SMILES string of the molecule is CCN1CC(C)C(=O)N(c2ccccc2F)C1=O. The summed E-state index contributed by atoms with van der Waals surface area (Å²) in [4.78, 5) is 26.7. The number of anilines is 1. The minimum absolute atomic E-state index is 0.0255. The van der Waals surface area contributed by atoms with Crippen molar-refractivity contribution >= 4 is 17.6 Å². The Labute approximate surface area is 105 Å². The van der Waals surface area contributed by atoms with E-state index < -0.39 is 11.8 Å². The van der Waals surface area contributed by atoms with Crippen molar-refractivity contribution in [2.24, 2.45) is 5.92 Å². The first kappa shape index (κ1) is 12.5. The summed E-state index contributed by atoms with van der Waals surface area (Å²) >= 11 is 0. The second-order valence-electron chi connectivity index (χ2n) is 4.35. The largest absolute Gasteiger partial charge is 0.331 e. The van der Waals surface area contributed by atoms with Gasteiger partial charge in [0.2, 0.25) is 5.91 Å². The molecule has 0 N–H and O–H groups in total. The van der Waals surface area contributed by atoms with Crippen LogP contribution in [0.1, 0.15) is 13.8 Å². The van der Waals surface area contributed by atoms with Crippen LogP contribution in [-0.2, 0) is 4.79 Å². The Morgan fingerprint density at radius 2 is 2.00 bits per heavy atom. The molecule has 96 valence electrons. The molecule has 1 aliphatic rings. The van der Waals surface area contributed by atoms with Gasteiger partial charge >= 0.3 is 6.03 Å². The van der Waals surface area contributed by atoms with Gasteiger partial charge in [0, 0.05) is 13.1 Å². The zero-order valence-electron chi connectivity index (χ0n) is 10.4. The minimum atomic E-state index is -0.565. The van der Waals surface area contributed by atoms with Gasteiger partial charge in [0.25, 0.3) is 0 Å². The Hall–Kier alpha value is -1.91. The molecule has 1 unspecified atom stereocenters. The number of hydrogen-bond acceptors (Lipinski definition) is 2. The average Bonchev–Trinajstić information content (AvgIpc) is 2.36. The van der Waals surface area contributed by atoms with Gasteiger partial charge in [-0.05, 0) is 19.1 Å². The lowest BCUT2D eigenvalue weighted by Crippen LogP contribution is -2.56. The third-order valence-corrected chi connectivity index (χ3v) is 3.07. The highest BCUT2D eigenvalue weighted by molar-refractivity contribution is 6.16. The Morgan fingerprint density at radius 1 is 1.33 bits per heavy atom. The number of urea groups is 1. The lowest BCUT2D eigenvalue weighted by molar-refractivity contribution is -0.122. The Balaban J connectivity index is 2.43. The van der Waals surface area contributed by atoms with Gasteiger partial charge in [-0.25, -0.2) is 14.1 Å². The van der Waals surface area contributed by atoms with Crippen LogP contribution in [0.2, 0.25) is 0 Å². The van der Waals surface area contributed by atoms with Crippen LogP contribution in [0.3, 0.4) is 0 Å². The number of rotatable bonds is 2. The maximum Gasteiger partial charge on any atom is 0.331 e. The fraction of sp³-hybridized carbons (Fsp3) is 0.385. The van der Waals surface area contributed by atoms with E-state index >= 15 is 0 Å². The van der Waals surface area contributed by atoms with Crippen molar-refractivity contribution in [1.29, 1.82) is 0 Å². The average molecular weight is 250 g/mol. The van der Waals surface area contributed by atoms with Crippen molar-refractivity contribution < 1.29 is 14.0 Å². The van der Waals surface area contributed by atoms with E-state index in [9.17, 15) is 14.0 Å². The van der Waals surface area contributed by atoms with Crippen LogP contribution in [0.5, 0.6) is 0 Å². The van der Waals surface area contributed by atoms with Crippen molar-refractivity contribution in [2.75, 3.05) is 18.0 Å². The second kappa shape index (κ2) is 4.76. The zero-order valence-corrected chi connectivity index (χ0v) is 10.4. The zero-order chi connectivity index (χ0) is 13.3. The maximum atomic E-state index is 13.7. The van der Waals surface area contributed by atoms with Gasteiger partial charge < -0.3 is 4.90 Å². The molecule has 2 rings (SSSR count). The molecule has 0 aliphatic carbocycles. The van der Waals surface area contributed by atoms with Gasteiger partial charge in [-0.1, -0.05) is 19.1 Å². The molecule has 1 aliphatic heterocycles. The number of para-hydroxylation sites is 1. The second-order valence-corrected chi connectivity index (χ2v) is 4.35. The van der Waals surface area contributed by atoms with E-state index in [4.69, 9.17) is 0 Å². The first-order chi connectivity index (χ1) is 8.56. The van der Waals surface area contributed by atoms with Gasteiger partial charge in [-0.2, -0.15) is 0 Å². The van der Waals surface area contributed by atoms with Gasteiger partial charge in [0.15, 0.2) is 0 Å². The van der Waals surface area contributed by atoms with Gasteiger partial charge in [0.1, 0.15) is 5.82 Å². The molecule has 0 bridgehead atoms. The molecule has 5 heteroatoms. The summed E-state index contributed by atoms with van der Waals surface area (Å²) in [5.41, 5.74) is 0.0255. The molecule has 1 atom stereocenters.